The summed E-state index contributed by atoms with van der Waals surface area (Å²) in [5.41, 5.74) is 4.41. The summed E-state index contributed by atoms with van der Waals surface area (Å²) in [7, 11) is 0. The molecule has 0 aliphatic carbocycles. The third kappa shape index (κ3) is 2.85. The van der Waals surface area contributed by atoms with Crippen molar-refractivity contribution in [1.29, 1.82) is 0 Å². The van der Waals surface area contributed by atoms with E-state index in [9.17, 15) is 9.59 Å². The Morgan fingerprint density at radius 1 is 0.900 bits per heavy atom. The van der Waals surface area contributed by atoms with E-state index in [0.29, 0.717) is 22.5 Å². The van der Waals surface area contributed by atoms with Gasteiger partial charge in [-0.25, -0.2) is 4.79 Å². The van der Waals surface area contributed by atoms with Gasteiger partial charge in [0.1, 0.15) is 11.3 Å². The van der Waals surface area contributed by atoms with Crippen LogP contribution in [0.25, 0.3) is 16.5 Å². The van der Waals surface area contributed by atoms with Gasteiger partial charge in [-0.2, -0.15) is 0 Å². The van der Waals surface area contributed by atoms with Crippen molar-refractivity contribution in [3.05, 3.63) is 117 Å². The Bertz CT molecular complexity index is 1350. The summed E-state index contributed by atoms with van der Waals surface area (Å²) in [6.45, 7) is 1.87. The molecule has 0 amide bonds. The van der Waals surface area contributed by atoms with E-state index < -0.39 is 11.7 Å². The highest BCUT2D eigenvalue weighted by Gasteiger charge is 2.33. The first-order chi connectivity index (χ1) is 14.7. The van der Waals surface area contributed by atoms with Gasteiger partial charge in [-0.05, 0) is 35.7 Å². The molecule has 3 aromatic carbocycles. The molecule has 0 N–H and O–H groups in total. The average molecular weight is 394 g/mol. The Balaban J connectivity index is 1.90. The van der Waals surface area contributed by atoms with Crippen LogP contribution in [-0.4, -0.2) is 6.29 Å². The lowest BCUT2D eigenvalue weighted by Gasteiger charge is -2.30. The molecule has 4 aromatic rings. The van der Waals surface area contributed by atoms with Crippen molar-refractivity contribution >= 4 is 22.8 Å². The van der Waals surface area contributed by atoms with Gasteiger partial charge in [0.05, 0.1) is 5.56 Å². The van der Waals surface area contributed by atoms with Crippen LogP contribution in [0.3, 0.4) is 0 Å². The molecule has 146 valence electrons. The molecule has 0 bridgehead atoms. The Hall–Kier alpha value is -3.92. The number of ether oxygens (including phenoxy) is 1. The van der Waals surface area contributed by atoms with Gasteiger partial charge in [-0.3, -0.25) is 4.79 Å². The van der Waals surface area contributed by atoms with Crippen LogP contribution in [0, 0.1) is 6.92 Å². The van der Waals surface area contributed by atoms with Gasteiger partial charge < -0.3 is 9.15 Å². The number of carbonyl (C=O) groups is 1. The molecule has 0 saturated carbocycles. The second kappa shape index (κ2) is 7.16. The van der Waals surface area contributed by atoms with Crippen LogP contribution in [0.15, 0.2) is 93.6 Å². The van der Waals surface area contributed by atoms with Gasteiger partial charge in [-0.15, -0.1) is 0 Å². The van der Waals surface area contributed by atoms with E-state index >= 15 is 0 Å². The molecule has 30 heavy (non-hydrogen) atoms. The summed E-state index contributed by atoms with van der Waals surface area (Å²) in [5.74, 6) is 0.578. The number of fused-ring (bicyclic) bond motifs is 3. The van der Waals surface area contributed by atoms with E-state index in [1.54, 1.807) is 0 Å². The summed E-state index contributed by atoms with van der Waals surface area (Å²) in [5, 5.41) is 0.814. The lowest BCUT2D eigenvalue weighted by Crippen LogP contribution is -2.19. The number of aldehydes is 1. The van der Waals surface area contributed by atoms with Gasteiger partial charge in [0.15, 0.2) is 12.4 Å². The largest absolute Gasteiger partial charge is 0.480 e. The van der Waals surface area contributed by atoms with Gasteiger partial charge in [0.25, 0.3) is 0 Å². The fourth-order valence-electron chi connectivity index (χ4n) is 4.08. The lowest BCUT2D eigenvalue weighted by atomic mass is 9.85. The van der Waals surface area contributed by atoms with Crippen molar-refractivity contribution in [3.63, 3.8) is 0 Å². The van der Waals surface area contributed by atoms with Crippen LogP contribution in [-0.2, 0) is 4.79 Å². The molecule has 2 heterocycles. The third-order valence-corrected chi connectivity index (χ3v) is 5.44. The molecule has 1 aliphatic heterocycles. The maximum Gasteiger partial charge on any atom is 0.336 e. The molecular formula is C26H18O4. The van der Waals surface area contributed by atoms with Crippen LogP contribution in [0.2, 0.25) is 0 Å². The minimum atomic E-state index is -0.555. The van der Waals surface area contributed by atoms with Crippen LogP contribution in [0.4, 0.5) is 0 Å². The standard InChI is InChI=1S/C26H18O4/c1-16-14-22(28)30-26-19(16)12-13-21-24(26)23(17-8-4-2-5-9-17)20(15-27)25(29-21)18-10-6-3-7-11-18/h2-15,25H,1H3. The fourth-order valence-corrected chi connectivity index (χ4v) is 4.08. The fraction of sp³-hybridized carbons (Fsp3) is 0.0769. The molecule has 4 heteroatoms. The first-order valence-electron chi connectivity index (χ1n) is 9.71. The van der Waals surface area contributed by atoms with Gasteiger partial charge in [0.2, 0.25) is 0 Å². The second-order valence-corrected chi connectivity index (χ2v) is 7.29. The summed E-state index contributed by atoms with van der Waals surface area (Å²) < 4.78 is 12.0. The second-order valence-electron chi connectivity index (χ2n) is 7.29. The molecule has 0 spiro atoms. The molecule has 1 aliphatic rings. The average Bonchev–Trinajstić information content (AvgIpc) is 2.78. The van der Waals surface area contributed by atoms with Crippen molar-refractivity contribution in [2.24, 2.45) is 0 Å². The summed E-state index contributed by atoms with van der Waals surface area (Å²) in [4.78, 5) is 24.6. The minimum absolute atomic E-state index is 0.432. The predicted molar refractivity (Wildman–Crippen MR) is 116 cm³/mol. The van der Waals surface area contributed by atoms with E-state index in [4.69, 9.17) is 9.15 Å². The predicted octanol–water partition coefficient (Wildman–Crippen LogP) is 5.24. The van der Waals surface area contributed by atoms with Crippen molar-refractivity contribution < 1.29 is 13.9 Å². The minimum Gasteiger partial charge on any atom is -0.480 e. The molecule has 1 aromatic heterocycles. The third-order valence-electron chi connectivity index (χ3n) is 5.44. The summed E-state index contributed by atoms with van der Waals surface area (Å²) in [6, 6.07) is 24.5. The summed E-state index contributed by atoms with van der Waals surface area (Å²) >= 11 is 0. The van der Waals surface area contributed by atoms with Crippen molar-refractivity contribution in [3.8, 4) is 5.75 Å². The van der Waals surface area contributed by atoms with Gasteiger partial charge in [0, 0.05) is 22.6 Å². The number of aryl methyl sites for hydroxylation is 1. The first-order valence-corrected chi connectivity index (χ1v) is 9.71. The van der Waals surface area contributed by atoms with Crippen LogP contribution in [0.5, 0.6) is 5.75 Å². The zero-order chi connectivity index (χ0) is 20.7. The Morgan fingerprint density at radius 2 is 1.60 bits per heavy atom. The normalized spacial score (nSPS) is 15.6. The first kappa shape index (κ1) is 18.1. The van der Waals surface area contributed by atoms with Crippen molar-refractivity contribution in [2.75, 3.05) is 0 Å². The highest BCUT2D eigenvalue weighted by molar-refractivity contribution is 6.05. The summed E-state index contributed by atoms with van der Waals surface area (Å²) in [6.07, 6.45) is 0.288. The Kier molecular flexibility index (Phi) is 4.32. The smallest absolute Gasteiger partial charge is 0.336 e. The maximum absolute atomic E-state index is 12.4. The topological polar surface area (TPSA) is 56.5 Å². The quantitative estimate of drug-likeness (QED) is 0.352. The number of hydrogen-bond acceptors (Lipinski definition) is 4. The van der Waals surface area contributed by atoms with Crippen LogP contribution >= 0.6 is 0 Å². The van der Waals surface area contributed by atoms with E-state index in [1.165, 1.54) is 6.07 Å². The van der Waals surface area contributed by atoms with Gasteiger partial charge >= 0.3 is 5.63 Å². The molecule has 0 fully saturated rings. The van der Waals surface area contributed by atoms with Crippen LogP contribution < -0.4 is 10.4 Å². The SMILES string of the molecule is Cc1cc(=O)oc2c3c(ccc12)OC(c1ccccc1)C(C=O)=C3c1ccccc1. The molecule has 1 atom stereocenters. The zero-order valence-corrected chi connectivity index (χ0v) is 16.3. The molecule has 5 rings (SSSR count). The van der Waals surface area contributed by atoms with Crippen molar-refractivity contribution in [1.82, 2.24) is 0 Å². The zero-order valence-electron chi connectivity index (χ0n) is 16.3. The maximum atomic E-state index is 12.4. The molecular weight excluding hydrogens is 376 g/mol. The van der Waals surface area contributed by atoms with Gasteiger partial charge in [-0.1, -0.05) is 60.7 Å². The molecule has 0 saturated heterocycles. The highest BCUT2D eigenvalue weighted by atomic mass is 16.5. The van der Waals surface area contributed by atoms with E-state index in [0.717, 1.165) is 33.9 Å². The Morgan fingerprint density at radius 3 is 2.30 bits per heavy atom. The lowest BCUT2D eigenvalue weighted by molar-refractivity contribution is -0.105. The van der Waals surface area contributed by atoms with Crippen molar-refractivity contribution in [2.45, 2.75) is 13.0 Å². The van der Waals surface area contributed by atoms with Crippen LogP contribution in [0.1, 0.15) is 28.4 Å². The van der Waals surface area contributed by atoms with E-state index in [2.05, 4.69) is 0 Å². The van der Waals surface area contributed by atoms with E-state index in [-0.39, 0.29) is 0 Å². The highest BCUT2D eigenvalue weighted by Crippen LogP contribution is 2.47. The number of hydrogen-bond donors (Lipinski definition) is 0. The monoisotopic (exact) mass is 394 g/mol. The Labute approximate surface area is 173 Å². The number of benzene rings is 3. The van der Waals surface area contributed by atoms with E-state index in [1.807, 2.05) is 79.7 Å². The molecule has 0 radical (unpaired) electrons. The number of carbonyl (C=O) groups excluding carboxylic acids is 1. The number of rotatable bonds is 3. The molecule has 4 nitrogen and oxygen atoms in total. The molecule has 1 unspecified atom stereocenters.